The molecule has 0 radical (unpaired) electrons. The second kappa shape index (κ2) is 7.57. The van der Waals surface area contributed by atoms with Gasteiger partial charge in [-0.2, -0.15) is 9.61 Å². The molecule has 3 aromatic rings. The number of nitrogens with zero attached hydrogens (tertiary/aromatic N) is 4. The van der Waals surface area contributed by atoms with E-state index in [1.807, 2.05) is 31.2 Å². The van der Waals surface area contributed by atoms with Gasteiger partial charge in [-0.25, -0.2) is 0 Å². The van der Waals surface area contributed by atoms with Crippen LogP contribution in [0.25, 0.3) is 17.0 Å². The Bertz CT molecular complexity index is 976. The summed E-state index contributed by atoms with van der Waals surface area (Å²) in [6, 6.07) is 11.0. The van der Waals surface area contributed by atoms with Crippen LogP contribution < -0.4 is 4.74 Å². The predicted molar refractivity (Wildman–Crippen MR) is 99.3 cm³/mol. The number of carbonyl (C=O) groups is 1. The molecule has 0 atom stereocenters. The average molecular weight is 370 g/mol. The number of aliphatic hydroxyl groups is 1. The lowest BCUT2D eigenvalue weighted by Crippen LogP contribution is -2.00. The summed E-state index contributed by atoms with van der Waals surface area (Å²) in [6.07, 6.45) is 0. The van der Waals surface area contributed by atoms with Gasteiger partial charge in [0, 0.05) is 5.56 Å². The number of thioether (sulfide) groups is 1. The first-order valence-corrected chi connectivity index (χ1v) is 8.85. The number of carbonyl (C=O) groups excluding carboxylic acids is 1. The Kier molecular flexibility index (Phi) is 5.22. The lowest BCUT2D eigenvalue weighted by atomic mass is 10.2. The van der Waals surface area contributed by atoms with E-state index in [0.717, 1.165) is 23.1 Å². The standard InChI is InChI=1S/C18H18N4O3S/c1-4-25-14-7-5-13(6-8-14)18-20-19-15-9-10-16(21-22(15)18)26-17(11(2)23)12(3)24/h5-10,23H,4H2,1-3H3/b17-11-. The fourth-order valence-corrected chi connectivity index (χ4v) is 3.14. The van der Waals surface area contributed by atoms with Crippen molar-refractivity contribution < 1.29 is 14.6 Å². The Morgan fingerprint density at radius 2 is 1.88 bits per heavy atom. The fraction of sp³-hybridized carbons (Fsp3) is 0.222. The molecule has 26 heavy (non-hydrogen) atoms. The van der Waals surface area contributed by atoms with Gasteiger partial charge in [0.2, 0.25) is 0 Å². The Labute approximate surface area is 154 Å². The number of hydrogen-bond acceptors (Lipinski definition) is 7. The zero-order chi connectivity index (χ0) is 18.7. The number of rotatable bonds is 6. The van der Waals surface area contributed by atoms with Crippen molar-refractivity contribution in [3.63, 3.8) is 0 Å². The van der Waals surface area contributed by atoms with E-state index in [2.05, 4.69) is 15.3 Å². The Balaban J connectivity index is 1.98. The highest BCUT2D eigenvalue weighted by atomic mass is 32.2. The van der Waals surface area contributed by atoms with E-state index in [9.17, 15) is 9.90 Å². The number of ether oxygens (including phenoxy) is 1. The van der Waals surface area contributed by atoms with Crippen molar-refractivity contribution in [1.82, 2.24) is 19.8 Å². The molecule has 0 unspecified atom stereocenters. The number of aromatic nitrogens is 4. The van der Waals surface area contributed by atoms with Crippen LogP contribution >= 0.6 is 11.8 Å². The predicted octanol–water partition coefficient (Wildman–Crippen LogP) is 3.66. The molecule has 1 aromatic carbocycles. The van der Waals surface area contributed by atoms with E-state index >= 15 is 0 Å². The van der Waals surface area contributed by atoms with Crippen molar-refractivity contribution in [1.29, 1.82) is 0 Å². The number of ketones is 1. The van der Waals surface area contributed by atoms with Crippen molar-refractivity contribution in [2.24, 2.45) is 0 Å². The Hall–Kier alpha value is -2.87. The van der Waals surface area contributed by atoms with Gasteiger partial charge in [-0.3, -0.25) is 4.79 Å². The van der Waals surface area contributed by atoms with Gasteiger partial charge in [0.05, 0.1) is 11.5 Å². The van der Waals surface area contributed by atoms with Gasteiger partial charge in [-0.1, -0.05) is 11.8 Å². The van der Waals surface area contributed by atoms with Crippen LogP contribution in [0.3, 0.4) is 0 Å². The molecule has 3 rings (SSSR count). The Morgan fingerprint density at radius 1 is 1.15 bits per heavy atom. The highest BCUT2D eigenvalue weighted by Gasteiger charge is 2.14. The van der Waals surface area contributed by atoms with E-state index in [-0.39, 0.29) is 16.4 Å². The lowest BCUT2D eigenvalue weighted by molar-refractivity contribution is -0.113. The van der Waals surface area contributed by atoms with Gasteiger partial charge < -0.3 is 9.84 Å². The first-order valence-electron chi connectivity index (χ1n) is 8.04. The minimum Gasteiger partial charge on any atom is -0.511 e. The van der Waals surface area contributed by atoms with E-state index in [1.54, 1.807) is 16.6 Å². The summed E-state index contributed by atoms with van der Waals surface area (Å²) >= 11 is 1.11. The SMILES string of the molecule is CCOc1ccc(-c2nnc3ccc(S/C(C(C)=O)=C(/C)O)nn23)cc1. The molecular formula is C18H18N4O3S. The van der Waals surface area contributed by atoms with E-state index < -0.39 is 0 Å². The van der Waals surface area contributed by atoms with Crippen LogP contribution in [0.15, 0.2) is 52.1 Å². The molecule has 0 saturated carbocycles. The molecule has 2 aromatic heterocycles. The fourth-order valence-electron chi connectivity index (χ4n) is 2.38. The summed E-state index contributed by atoms with van der Waals surface area (Å²) in [7, 11) is 0. The zero-order valence-corrected chi connectivity index (χ0v) is 15.4. The highest BCUT2D eigenvalue weighted by Crippen LogP contribution is 2.28. The minimum absolute atomic E-state index is 0.0279. The van der Waals surface area contributed by atoms with Gasteiger partial charge in [0.15, 0.2) is 17.3 Å². The number of benzene rings is 1. The molecular weight excluding hydrogens is 352 g/mol. The summed E-state index contributed by atoms with van der Waals surface area (Å²) in [5.74, 6) is 1.12. The summed E-state index contributed by atoms with van der Waals surface area (Å²) in [5, 5.41) is 23.1. The summed E-state index contributed by atoms with van der Waals surface area (Å²) < 4.78 is 7.06. The minimum atomic E-state index is -0.215. The number of allylic oxidation sites excluding steroid dienone is 2. The average Bonchev–Trinajstić information content (AvgIpc) is 3.03. The molecule has 7 nitrogen and oxygen atoms in total. The summed E-state index contributed by atoms with van der Waals surface area (Å²) in [4.78, 5) is 11.9. The molecule has 8 heteroatoms. The van der Waals surface area contributed by atoms with Crippen molar-refractivity contribution in [2.75, 3.05) is 6.61 Å². The molecule has 0 fully saturated rings. The number of fused-ring (bicyclic) bond motifs is 1. The topological polar surface area (TPSA) is 89.6 Å². The van der Waals surface area contributed by atoms with Crippen molar-refractivity contribution in [3.05, 3.63) is 47.1 Å². The molecule has 0 saturated heterocycles. The maximum Gasteiger partial charge on any atom is 0.185 e. The maximum atomic E-state index is 11.7. The largest absolute Gasteiger partial charge is 0.511 e. The first-order chi connectivity index (χ1) is 12.5. The molecule has 0 aliphatic carbocycles. The van der Waals surface area contributed by atoms with E-state index in [0.29, 0.717) is 23.1 Å². The smallest absolute Gasteiger partial charge is 0.185 e. The summed E-state index contributed by atoms with van der Waals surface area (Å²) in [5.41, 5.74) is 1.43. The third-order valence-corrected chi connectivity index (χ3v) is 4.73. The van der Waals surface area contributed by atoms with Gasteiger partial charge in [0.25, 0.3) is 0 Å². The highest BCUT2D eigenvalue weighted by molar-refractivity contribution is 8.04. The van der Waals surface area contributed by atoms with Crippen LogP contribution in [0.5, 0.6) is 5.75 Å². The first kappa shape index (κ1) is 17.9. The molecule has 0 spiro atoms. The molecule has 0 aliphatic rings. The molecule has 0 amide bonds. The lowest BCUT2D eigenvalue weighted by Gasteiger charge is -2.06. The van der Waals surface area contributed by atoms with Crippen molar-refractivity contribution in [3.8, 4) is 17.1 Å². The molecule has 0 aliphatic heterocycles. The second-order valence-electron chi connectivity index (χ2n) is 5.50. The van der Waals surface area contributed by atoms with Crippen molar-refractivity contribution in [2.45, 2.75) is 25.8 Å². The maximum absolute atomic E-state index is 11.7. The van der Waals surface area contributed by atoms with E-state index in [1.165, 1.54) is 13.8 Å². The molecule has 0 bridgehead atoms. The zero-order valence-electron chi connectivity index (χ0n) is 14.6. The number of Topliss-reactive ketones (excluding diaryl/α,β-unsaturated/α-hetero) is 1. The molecule has 1 N–H and O–H groups in total. The van der Waals surface area contributed by atoms with Gasteiger partial charge in [-0.15, -0.1) is 10.2 Å². The van der Waals surface area contributed by atoms with E-state index in [4.69, 9.17) is 4.74 Å². The second-order valence-corrected chi connectivity index (χ2v) is 6.53. The Morgan fingerprint density at radius 3 is 2.50 bits per heavy atom. The molecule has 134 valence electrons. The summed E-state index contributed by atoms with van der Waals surface area (Å²) in [6.45, 7) is 5.42. The van der Waals surface area contributed by atoms with Gasteiger partial charge in [0.1, 0.15) is 16.5 Å². The van der Waals surface area contributed by atoms with Gasteiger partial charge in [-0.05, 0) is 57.2 Å². The normalized spacial score (nSPS) is 12.1. The number of aliphatic hydroxyl groups excluding tert-OH is 1. The van der Waals surface area contributed by atoms with Crippen LogP contribution in [0, 0.1) is 0 Å². The number of hydrogen-bond donors (Lipinski definition) is 1. The van der Waals surface area contributed by atoms with Crippen LogP contribution in [-0.4, -0.2) is 37.3 Å². The third-order valence-electron chi connectivity index (χ3n) is 3.52. The van der Waals surface area contributed by atoms with Crippen molar-refractivity contribution >= 4 is 23.2 Å². The monoisotopic (exact) mass is 370 g/mol. The van der Waals surface area contributed by atoms with Crippen LogP contribution in [-0.2, 0) is 4.79 Å². The van der Waals surface area contributed by atoms with Crippen LogP contribution in [0.4, 0.5) is 0 Å². The van der Waals surface area contributed by atoms with Crippen LogP contribution in [0.2, 0.25) is 0 Å². The quantitative estimate of drug-likeness (QED) is 0.402. The van der Waals surface area contributed by atoms with Gasteiger partial charge >= 0.3 is 0 Å². The third kappa shape index (κ3) is 3.70. The molecule has 2 heterocycles. The van der Waals surface area contributed by atoms with Crippen LogP contribution in [0.1, 0.15) is 20.8 Å².